The van der Waals surface area contributed by atoms with Crippen molar-refractivity contribution < 1.29 is 9.15 Å². The highest BCUT2D eigenvalue weighted by Gasteiger charge is 2.19. The van der Waals surface area contributed by atoms with Crippen molar-refractivity contribution in [2.75, 3.05) is 0 Å². The molecule has 1 fully saturated rings. The van der Waals surface area contributed by atoms with E-state index in [0.29, 0.717) is 18.8 Å². The van der Waals surface area contributed by atoms with Gasteiger partial charge in [-0.3, -0.25) is 0 Å². The molecule has 0 radical (unpaired) electrons. The summed E-state index contributed by atoms with van der Waals surface area (Å²) >= 11 is 0. The lowest BCUT2D eigenvalue weighted by atomic mass is 10.1. The van der Waals surface area contributed by atoms with Crippen molar-refractivity contribution in [2.24, 2.45) is 0 Å². The first-order chi connectivity index (χ1) is 10.2. The van der Waals surface area contributed by atoms with Crippen LogP contribution in [0.5, 0.6) is 0 Å². The molecule has 1 aliphatic carbocycles. The monoisotopic (exact) mass is 287 g/mol. The molecule has 1 heterocycles. The van der Waals surface area contributed by atoms with Crippen molar-refractivity contribution in [3.63, 3.8) is 0 Å². The van der Waals surface area contributed by atoms with E-state index in [0.717, 1.165) is 17.9 Å². The van der Waals surface area contributed by atoms with E-state index in [1.54, 1.807) is 0 Å². The third-order valence-electron chi connectivity index (χ3n) is 4.22. The summed E-state index contributed by atoms with van der Waals surface area (Å²) in [6, 6.07) is 8.70. The summed E-state index contributed by atoms with van der Waals surface area (Å²) in [5.41, 5.74) is 2.17. The standard InChI is InChI=1S/C18H25NO2/c1-13(2)19-11-18-16(12-20-14-7-3-4-8-14)15-9-5-6-10-17(15)21-18/h5-6,9-10,13-14,19H,3-4,7-8,11-12H2,1-2H3. The number of fused-ring (bicyclic) bond motifs is 1. The lowest BCUT2D eigenvalue weighted by Gasteiger charge is -2.12. The van der Waals surface area contributed by atoms with E-state index < -0.39 is 0 Å². The van der Waals surface area contributed by atoms with E-state index in [9.17, 15) is 0 Å². The van der Waals surface area contributed by atoms with E-state index in [-0.39, 0.29) is 0 Å². The maximum Gasteiger partial charge on any atom is 0.134 e. The summed E-state index contributed by atoms with van der Waals surface area (Å²) in [6.45, 7) is 5.72. The molecule has 114 valence electrons. The molecule has 0 bridgehead atoms. The molecule has 3 heteroatoms. The van der Waals surface area contributed by atoms with Crippen molar-refractivity contribution in [3.05, 3.63) is 35.6 Å². The molecule has 0 aliphatic heterocycles. The highest BCUT2D eigenvalue weighted by molar-refractivity contribution is 5.82. The molecule has 1 aromatic carbocycles. The zero-order chi connectivity index (χ0) is 14.7. The van der Waals surface area contributed by atoms with Crippen LogP contribution in [0, 0.1) is 0 Å². The Morgan fingerprint density at radius 1 is 1.24 bits per heavy atom. The van der Waals surface area contributed by atoms with Crippen LogP contribution in [0.25, 0.3) is 11.0 Å². The predicted molar refractivity (Wildman–Crippen MR) is 85.2 cm³/mol. The van der Waals surface area contributed by atoms with E-state index in [4.69, 9.17) is 9.15 Å². The van der Waals surface area contributed by atoms with Crippen molar-refractivity contribution in [3.8, 4) is 0 Å². The fraction of sp³-hybridized carbons (Fsp3) is 0.556. The van der Waals surface area contributed by atoms with Crippen LogP contribution >= 0.6 is 0 Å². The van der Waals surface area contributed by atoms with Gasteiger partial charge in [0.1, 0.15) is 11.3 Å². The molecule has 1 aliphatic rings. The van der Waals surface area contributed by atoms with Crippen LogP contribution < -0.4 is 5.32 Å². The van der Waals surface area contributed by atoms with Crippen molar-refractivity contribution in [1.82, 2.24) is 5.32 Å². The van der Waals surface area contributed by atoms with Gasteiger partial charge in [0.15, 0.2) is 0 Å². The van der Waals surface area contributed by atoms with Gasteiger partial charge < -0.3 is 14.5 Å². The fourth-order valence-electron chi connectivity index (χ4n) is 3.00. The first-order valence-corrected chi connectivity index (χ1v) is 8.08. The van der Waals surface area contributed by atoms with Crippen LogP contribution in [0.1, 0.15) is 50.9 Å². The van der Waals surface area contributed by atoms with Gasteiger partial charge in [-0.15, -0.1) is 0 Å². The lowest BCUT2D eigenvalue weighted by Crippen LogP contribution is -2.22. The van der Waals surface area contributed by atoms with E-state index in [1.165, 1.54) is 36.6 Å². The third kappa shape index (κ3) is 3.47. The van der Waals surface area contributed by atoms with Gasteiger partial charge in [-0.05, 0) is 18.9 Å². The summed E-state index contributed by atoms with van der Waals surface area (Å²) < 4.78 is 12.1. The molecule has 1 saturated carbocycles. The lowest BCUT2D eigenvalue weighted by molar-refractivity contribution is 0.0453. The summed E-state index contributed by atoms with van der Waals surface area (Å²) in [5, 5.41) is 4.63. The second-order valence-corrected chi connectivity index (χ2v) is 6.25. The van der Waals surface area contributed by atoms with Crippen molar-refractivity contribution in [1.29, 1.82) is 0 Å². The normalized spacial score (nSPS) is 16.3. The predicted octanol–water partition coefficient (Wildman–Crippen LogP) is 4.39. The highest BCUT2D eigenvalue weighted by atomic mass is 16.5. The van der Waals surface area contributed by atoms with Crippen LogP contribution in [-0.2, 0) is 17.9 Å². The van der Waals surface area contributed by atoms with Crippen LogP contribution in [0.4, 0.5) is 0 Å². The number of para-hydroxylation sites is 1. The van der Waals surface area contributed by atoms with E-state index in [1.807, 2.05) is 12.1 Å². The summed E-state index contributed by atoms with van der Waals surface area (Å²) in [5.74, 6) is 1.02. The Bertz CT molecular complexity index is 582. The van der Waals surface area contributed by atoms with Gasteiger partial charge in [-0.2, -0.15) is 0 Å². The van der Waals surface area contributed by atoms with Crippen molar-refractivity contribution in [2.45, 2.75) is 64.8 Å². The molecule has 0 amide bonds. The summed E-state index contributed by atoms with van der Waals surface area (Å²) in [4.78, 5) is 0. The van der Waals surface area contributed by atoms with Crippen LogP contribution in [0.2, 0.25) is 0 Å². The zero-order valence-corrected chi connectivity index (χ0v) is 13.0. The van der Waals surface area contributed by atoms with Gasteiger partial charge >= 0.3 is 0 Å². The third-order valence-corrected chi connectivity index (χ3v) is 4.22. The SMILES string of the molecule is CC(C)NCc1oc2ccccc2c1COC1CCCC1. The molecule has 0 saturated heterocycles. The molecule has 21 heavy (non-hydrogen) atoms. The number of ether oxygens (including phenoxy) is 1. The summed E-state index contributed by atoms with van der Waals surface area (Å²) in [6.07, 6.45) is 5.45. The number of nitrogens with one attached hydrogen (secondary N) is 1. The fourth-order valence-corrected chi connectivity index (χ4v) is 3.00. The Labute approximate surface area is 126 Å². The average molecular weight is 287 g/mol. The topological polar surface area (TPSA) is 34.4 Å². The van der Waals surface area contributed by atoms with Gasteiger partial charge in [0.2, 0.25) is 0 Å². The molecule has 0 unspecified atom stereocenters. The largest absolute Gasteiger partial charge is 0.459 e. The zero-order valence-electron chi connectivity index (χ0n) is 13.0. The summed E-state index contributed by atoms with van der Waals surface area (Å²) in [7, 11) is 0. The Morgan fingerprint density at radius 2 is 2.00 bits per heavy atom. The Morgan fingerprint density at radius 3 is 2.76 bits per heavy atom. The Balaban J connectivity index is 1.80. The average Bonchev–Trinajstić information content (AvgIpc) is 3.10. The molecule has 3 nitrogen and oxygen atoms in total. The van der Waals surface area contributed by atoms with Gasteiger partial charge in [-0.1, -0.05) is 44.9 Å². The Kier molecular flexibility index (Phi) is 4.61. The second kappa shape index (κ2) is 6.63. The molecule has 0 spiro atoms. The minimum Gasteiger partial charge on any atom is -0.459 e. The van der Waals surface area contributed by atoms with E-state index in [2.05, 4.69) is 31.3 Å². The van der Waals surface area contributed by atoms with Gasteiger partial charge in [0.25, 0.3) is 0 Å². The smallest absolute Gasteiger partial charge is 0.134 e. The van der Waals surface area contributed by atoms with E-state index >= 15 is 0 Å². The number of rotatable bonds is 6. The first kappa shape index (κ1) is 14.6. The molecule has 1 aromatic heterocycles. The quantitative estimate of drug-likeness (QED) is 0.855. The maximum atomic E-state index is 6.12. The number of hydrogen-bond donors (Lipinski definition) is 1. The number of benzene rings is 1. The molecule has 2 aromatic rings. The van der Waals surface area contributed by atoms with Gasteiger partial charge in [0.05, 0.1) is 19.3 Å². The maximum absolute atomic E-state index is 6.12. The van der Waals surface area contributed by atoms with Gasteiger partial charge in [-0.25, -0.2) is 0 Å². The minimum atomic E-state index is 0.435. The van der Waals surface area contributed by atoms with Crippen molar-refractivity contribution >= 4 is 11.0 Å². The molecular weight excluding hydrogens is 262 g/mol. The molecule has 1 N–H and O–H groups in total. The number of hydrogen-bond acceptors (Lipinski definition) is 3. The first-order valence-electron chi connectivity index (χ1n) is 8.08. The minimum absolute atomic E-state index is 0.435. The second-order valence-electron chi connectivity index (χ2n) is 6.25. The van der Waals surface area contributed by atoms with Crippen LogP contribution in [-0.4, -0.2) is 12.1 Å². The number of furan rings is 1. The molecule has 0 atom stereocenters. The highest BCUT2D eigenvalue weighted by Crippen LogP contribution is 2.29. The Hall–Kier alpha value is -1.32. The van der Waals surface area contributed by atoms with Crippen LogP contribution in [0.3, 0.4) is 0 Å². The molecular formula is C18H25NO2. The van der Waals surface area contributed by atoms with Gasteiger partial charge in [0, 0.05) is 17.0 Å². The van der Waals surface area contributed by atoms with Crippen LogP contribution in [0.15, 0.2) is 28.7 Å². The molecule has 3 rings (SSSR count).